The van der Waals surface area contributed by atoms with Gasteiger partial charge in [0, 0.05) is 24.2 Å². The molecule has 0 unspecified atom stereocenters. The van der Waals surface area contributed by atoms with E-state index in [9.17, 15) is 14.4 Å². The molecular formula is C19H21N3O4. The van der Waals surface area contributed by atoms with Crippen molar-refractivity contribution in [1.29, 1.82) is 0 Å². The second kappa shape index (κ2) is 7.51. The SMILES string of the molecule is Cc1nn(-c2ccccc2)c(C)c1CC(=O)OCC(=O)N1CCCC1=O. The van der Waals surface area contributed by atoms with Crippen LogP contribution in [-0.4, -0.2) is 45.6 Å². The van der Waals surface area contributed by atoms with Gasteiger partial charge >= 0.3 is 5.97 Å². The second-order valence-corrected chi connectivity index (χ2v) is 6.28. The second-order valence-electron chi connectivity index (χ2n) is 6.28. The van der Waals surface area contributed by atoms with Crippen LogP contribution in [0.15, 0.2) is 30.3 Å². The number of hydrogen-bond donors (Lipinski definition) is 0. The number of aryl methyl sites for hydroxylation is 1. The Hall–Kier alpha value is -2.96. The number of nitrogens with zero attached hydrogens (tertiary/aromatic N) is 3. The largest absolute Gasteiger partial charge is 0.455 e. The Morgan fingerprint density at radius 2 is 1.92 bits per heavy atom. The minimum Gasteiger partial charge on any atom is -0.455 e. The predicted molar refractivity (Wildman–Crippen MR) is 93.7 cm³/mol. The molecule has 0 bridgehead atoms. The van der Waals surface area contributed by atoms with Crippen LogP contribution >= 0.6 is 0 Å². The first-order valence-corrected chi connectivity index (χ1v) is 8.56. The lowest BCUT2D eigenvalue weighted by Crippen LogP contribution is -2.35. The molecule has 7 nitrogen and oxygen atoms in total. The topological polar surface area (TPSA) is 81.5 Å². The average molecular weight is 355 g/mol. The van der Waals surface area contributed by atoms with Crippen LogP contribution in [0.5, 0.6) is 0 Å². The highest BCUT2D eigenvalue weighted by Crippen LogP contribution is 2.18. The van der Waals surface area contributed by atoms with Crippen molar-refractivity contribution >= 4 is 17.8 Å². The smallest absolute Gasteiger partial charge is 0.310 e. The molecule has 2 aromatic rings. The van der Waals surface area contributed by atoms with Gasteiger partial charge in [-0.2, -0.15) is 5.10 Å². The fraction of sp³-hybridized carbons (Fsp3) is 0.368. The van der Waals surface area contributed by atoms with Crippen molar-refractivity contribution in [1.82, 2.24) is 14.7 Å². The number of carbonyl (C=O) groups excluding carboxylic acids is 3. The van der Waals surface area contributed by atoms with Crippen LogP contribution in [0.2, 0.25) is 0 Å². The monoisotopic (exact) mass is 355 g/mol. The maximum Gasteiger partial charge on any atom is 0.310 e. The highest BCUT2D eigenvalue weighted by Gasteiger charge is 2.27. The van der Waals surface area contributed by atoms with E-state index < -0.39 is 18.5 Å². The van der Waals surface area contributed by atoms with Crippen LogP contribution in [0, 0.1) is 13.8 Å². The number of amides is 2. The minimum atomic E-state index is -0.510. The summed E-state index contributed by atoms with van der Waals surface area (Å²) >= 11 is 0. The lowest BCUT2D eigenvalue weighted by Gasteiger charge is -2.13. The number of esters is 1. The number of hydrogen-bond acceptors (Lipinski definition) is 5. The molecule has 1 aromatic carbocycles. The third-order valence-corrected chi connectivity index (χ3v) is 4.49. The summed E-state index contributed by atoms with van der Waals surface area (Å²) in [6.07, 6.45) is 1.07. The Labute approximate surface area is 151 Å². The Kier molecular flexibility index (Phi) is 5.16. The summed E-state index contributed by atoms with van der Waals surface area (Å²) in [5.41, 5.74) is 3.29. The van der Waals surface area contributed by atoms with Crippen molar-refractivity contribution in [3.8, 4) is 5.69 Å². The minimum absolute atomic E-state index is 0.0335. The molecule has 1 aliphatic rings. The van der Waals surface area contributed by atoms with Crippen molar-refractivity contribution in [2.75, 3.05) is 13.2 Å². The van der Waals surface area contributed by atoms with Gasteiger partial charge in [-0.05, 0) is 32.4 Å². The van der Waals surface area contributed by atoms with E-state index in [4.69, 9.17) is 4.74 Å². The van der Waals surface area contributed by atoms with E-state index in [1.165, 1.54) is 0 Å². The van der Waals surface area contributed by atoms with E-state index >= 15 is 0 Å². The van der Waals surface area contributed by atoms with Crippen LogP contribution < -0.4 is 0 Å². The van der Waals surface area contributed by atoms with Crippen LogP contribution in [-0.2, 0) is 25.5 Å². The van der Waals surface area contributed by atoms with Crippen LogP contribution in [0.3, 0.4) is 0 Å². The van der Waals surface area contributed by atoms with Gasteiger partial charge in [-0.3, -0.25) is 19.3 Å². The summed E-state index contributed by atoms with van der Waals surface area (Å²) in [7, 11) is 0. The first-order valence-electron chi connectivity index (χ1n) is 8.56. The van der Waals surface area contributed by atoms with E-state index in [-0.39, 0.29) is 12.3 Å². The molecule has 1 fully saturated rings. The third kappa shape index (κ3) is 3.66. The number of likely N-dealkylation sites (tertiary alicyclic amines) is 1. The quantitative estimate of drug-likeness (QED) is 0.763. The van der Waals surface area contributed by atoms with Gasteiger partial charge in [0.25, 0.3) is 5.91 Å². The van der Waals surface area contributed by atoms with Gasteiger partial charge in [0.2, 0.25) is 5.91 Å². The molecule has 0 atom stereocenters. The molecule has 136 valence electrons. The zero-order valence-corrected chi connectivity index (χ0v) is 14.9. The maximum absolute atomic E-state index is 12.1. The predicted octanol–water partition coefficient (Wildman–Crippen LogP) is 1.72. The fourth-order valence-electron chi connectivity index (χ4n) is 3.08. The van der Waals surface area contributed by atoms with E-state index in [2.05, 4.69) is 5.10 Å². The van der Waals surface area contributed by atoms with Crippen molar-refractivity contribution < 1.29 is 19.1 Å². The average Bonchev–Trinajstić information content (AvgIpc) is 3.18. The zero-order chi connectivity index (χ0) is 18.7. The molecule has 1 saturated heterocycles. The van der Waals surface area contributed by atoms with Crippen molar-refractivity contribution in [3.05, 3.63) is 47.3 Å². The summed E-state index contributed by atoms with van der Waals surface area (Å²) < 4.78 is 6.86. The van der Waals surface area contributed by atoms with Gasteiger partial charge in [0.1, 0.15) is 0 Å². The molecule has 2 amide bonds. The highest BCUT2D eigenvalue weighted by molar-refractivity contribution is 5.97. The lowest BCUT2D eigenvalue weighted by atomic mass is 10.1. The molecule has 1 aliphatic heterocycles. The highest BCUT2D eigenvalue weighted by atomic mass is 16.5. The van der Waals surface area contributed by atoms with E-state index in [0.717, 1.165) is 27.5 Å². The van der Waals surface area contributed by atoms with Crippen LogP contribution in [0.4, 0.5) is 0 Å². The normalized spacial score (nSPS) is 13.9. The van der Waals surface area contributed by atoms with Gasteiger partial charge in [-0.25, -0.2) is 4.68 Å². The molecule has 0 radical (unpaired) electrons. The number of rotatable bonds is 5. The van der Waals surface area contributed by atoms with Gasteiger partial charge in [0.15, 0.2) is 6.61 Å². The third-order valence-electron chi connectivity index (χ3n) is 4.49. The van der Waals surface area contributed by atoms with E-state index in [1.807, 2.05) is 44.2 Å². The summed E-state index contributed by atoms with van der Waals surface area (Å²) in [6.45, 7) is 3.72. The number of para-hydroxylation sites is 1. The molecule has 0 spiro atoms. The summed E-state index contributed by atoms with van der Waals surface area (Å²) in [4.78, 5) is 36.8. The van der Waals surface area contributed by atoms with Gasteiger partial charge in [-0.15, -0.1) is 0 Å². The molecule has 1 aromatic heterocycles. The van der Waals surface area contributed by atoms with Crippen LogP contribution in [0.25, 0.3) is 5.69 Å². The molecular weight excluding hydrogens is 334 g/mol. The van der Waals surface area contributed by atoms with Crippen molar-refractivity contribution in [3.63, 3.8) is 0 Å². The molecule has 0 saturated carbocycles. The van der Waals surface area contributed by atoms with E-state index in [1.54, 1.807) is 4.68 Å². The zero-order valence-electron chi connectivity index (χ0n) is 14.9. The van der Waals surface area contributed by atoms with E-state index in [0.29, 0.717) is 19.4 Å². The number of ether oxygens (including phenoxy) is 1. The number of imide groups is 1. The molecule has 2 heterocycles. The summed E-state index contributed by atoms with van der Waals surface area (Å²) in [5, 5.41) is 4.49. The Morgan fingerprint density at radius 1 is 1.19 bits per heavy atom. The summed E-state index contributed by atoms with van der Waals surface area (Å²) in [5.74, 6) is -1.18. The van der Waals surface area contributed by atoms with Crippen LogP contribution in [0.1, 0.15) is 29.8 Å². The molecule has 0 N–H and O–H groups in total. The Bertz CT molecular complexity index is 842. The fourth-order valence-corrected chi connectivity index (χ4v) is 3.08. The number of benzene rings is 1. The van der Waals surface area contributed by atoms with Gasteiger partial charge in [-0.1, -0.05) is 18.2 Å². The maximum atomic E-state index is 12.1. The Morgan fingerprint density at radius 3 is 2.58 bits per heavy atom. The van der Waals surface area contributed by atoms with Gasteiger partial charge in [0.05, 0.1) is 17.8 Å². The lowest BCUT2D eigenvalue weighted by molar-refractivity contribution is -0.154. The summed E-state index contributed by atoms with van der Waals surface area (Å²) in [6, 6.07) is 9.64. The first kappa shape index (κ1) is 17.8. The van der Waals surface area contributed by atoms with Crippen molar-refractivity contribution in [2.45, 2.75) is 33.1 Å². The van der Waals surface area contributed by atoms with Gasteiger partial charge < -0.3 is 4.74 Å². The molecule has 3 rings (SSSR count). The molecule has 0 aliphatic carbocycles. The first-order chi connectivity index (χ1) is 12.5. The number of aromatic nitrogens is 2. The molecule has 26 heavy (non-hydrogen) atoms. The number of carbonyl (C=O) groups is 3. The standard InChI is InChI=1S/C19H21N3O4/c1-13-16(14(2)22(20-13)15-7-4-3-5-8-15)11-19(25)26-12-18(24)21-10-6-9-17(21)23/h3-5,7-8H,6,9-12H2,1-2H3. The Balaban J connectivity index is 1.64. The molecule has 7 heteroatoms. The van der Waals surface area contributed by atoms with Crippen molar-refractivity contribution in [2.24, 2.45) is 0 Å².